The van der Waals surface area contributed by atoms with Crippen LogP contribution in [0.15, 0.2) is 0 Å². The van der Waals surface area contributed by atoms with Crippen molar-refractivity contribution >= 4 is 17.7 Å². The minimum Gasteiger partial charge on any atom is -0.354 e. The van der Waals surface area contributed by atoms with E-state index in [1.54, 1.807) is 11.8 Å². The average Bonchev–Trinajstić information content (AvgIpc) is 2.67. The Bertz CT molecular complexity index is 251. The SMILES string of the molecule is CC(C)(C#N)CNC(=O)C1CCCS1. The summed E-state index contributed by atoms with van der Waals surface area (Å²) in [5.41, 5.74) is -0.459. The molecule has 1 aliphatic rings. The summed E-state index contributed by atoms with van der Waals surface area (Å²) in [6.45, 7) is 4.10. The van der Waals surface area contributed by atoms with Crippen LogP contribution in [0.25, 0.3) is 0 Å². The lowest BCUT2D eigenvalue weighted by atomic mass is 9.96. The van der Waals surface area contributed by atoms with Gasteiger partial charge in [-0.1, -0.05) is 0 Å². The molecule has 14 heavy (non-hydrogen) atoms. The lowest BCUT2D eigenvalue weighted by Crippen LogP contribution is -2.37. The van der Waals surface area contributed by atoms with E-state index in [1.807, 2.05) is 13.8 Å². The fraction of sp³-hybridized carbons (Fsp3) is 0.800. The van der Waals surface area contributed by atoms with Crippen molar-refractivity contribution in [1.29, 1.82) is 5.26 Å². The summed E-state index contributed by atoms with van der Waals surface area (Å²) in [5, 5.41) is 11.7. The Morgan fingerprint density at radius 3 is 2.93 bits per heavy atom. The first-order chi connectivity index (χ1) is 6.55. The molecule has 0 spiro atoms. The number of nitriles is 1. The van der Waals surface area contributed by atoms with Gasteiger partial charge in [-0.3, -0.25) is 4.79 Å². The van der Waals surface area contributed by atoms with Crippen LogP contribution in [-0.2, 0) is 4.79 Å². The third-order valence-electron chi connectivity index (χ3n) is 2.23. The van der Waals surface area contributed by atoms with E-state index in [1.165, 1.54) is 0 Å². The van der Waals surface area contributed by atoms with E-state index in [0.29, 0.717) is 6.54 Å². The molecule has 1 saturated heterocycles. The number of carbonyl (C=O) groups is 1. The third kappa shape index (κ3) is 3.22. The van der Waals surface area contributed by atoms with Crippen molar-refractivity contribution in [2.75, 3.05) is 12.3 Å². The quantitative estimate of drug-likeness (QED) is 0.772. The van der Waals surface area contributed by atoms with Crippen LogP contribution >= 0.6 is 11.8 Å². The molecule has 1 heterocycles. The van der Waals surface area contributed by atoms with E-state index < -0.39 is 5.41 Å². The van der Waals surface area contributed by atoms with Gasteiger partial charge in [0.1, 0.15) is 0 Å². The van der Waals surface area contributed by atoms with E-state index in [4.69, 9.17) is 5.26 Å². The van der Waals surface area contributed by atoms with Gasteiger partial charge >= 0.3 is 0 Å². The summed E-state index contributed by atoms with van der Waals surface area (Å²) in [6, 6.07) is 2.17. The van der Waals surface area contributed by atoms with Gasteiger partial charge in [0.2, 0.25) is 5.91 Å². The highest BCUT2D eigenvalue weighted by molar-refractivity contribution is 8.00. The predicted octanol–water partition coefficient (Wildman–Crippen LogP) is 1.55. The molecular weight excluding hydrogens is 196 g/mol. The van der Waals surface area contributed by atoms with E-state index in [2.05, 4.69) is 11.4 Å². The van der Waals surface area contributed by atoms with Gasteiger partial charge in [-0.2, -0.15) is 5.26 Å². The highest BCUT2D eigenvalue weighted by Gasteiger charge is 2.25. The molecule has 0 aromatic rings. The Morgan fingerprint density at radius 2 is 2.43 bits per heavy atom. The first-order valence-corrected chi connectivity index (χ1v) is 5.90. The summed E-state index contributed by atoms with van der Waals surface area (Å²) < 4.78 is 0. The molecule has 0 bridgehead atoms. The number of carbonyl (C=O) groups excluding carboxylic acids is 1. The third-order valence-corrected chi connectivity index (χ3v) is 3.61. The van der Waals surface area contributed by atoms with Crippen LogP contribution in [0.5, 0.6) is 0 Å². The Morgan fingerprint density at radius 1 is 1.71 bits per heavy atom. The molecule has 1 fully saturated rings. The molecule has 0 saturated carbocycles. The lowest BCUT2D eigenvalue weighted by molar-refractivity contribution is -0.120. The summed E-state index contributed by atoms with van der Waals surface area (Å²) in [7, 11) is 0. The van der Waals surface area contributed by atoms with Gasteiger partial charge in [0.25, 0.3) is 0 Å². The topological polar surface area (TPSA) is 52.9 Å². The van der Waals surface area contributed by atoms with Gasteiger partial charge < -0.3 is 5.32 Å². The lowest BCUT2D eigenvalue weighted by Gasteiger charge is -2.17. The molecule has 1 unspecified atom stereocenters. The molecule has 1 N–H and O–H groups in total. The maximum Gasteiger partial charge on any atom is 0.233 e. The first-order valence-electron chi connectivity index (χ1n) is 4.86. The van der Waals surface area contributed by atoms with Crippen LogP contribution in [-0.4, -0.2) is 23.5 Å². The number of nitrogens with one attached hydrogen (secondary N) is 1. The van der Waals surface area contributed by atoms with Crippen molar-refractivity contribution < 1.29 is 4.79 Å². The van der Waals surface area contributed by atoms with Gasteiger partial charge in [-0.15, -0.1) is 11.8 Å². The zero-order valence-electron chi connectivity index (χ0n) is 8.67. The Balaban J connectivity index is 2.31. The van der Waals surface area contributed by atoms with Crippen LogP contribution in [0, 0.1) is 16.7 Å². The molecule has 4 heteroatoms. The molecule has 0 aromatic heterocycles. The number of amides is 1. The van der Waals surface area contributed by atoms with Gasteiger partial charge in [0.05, 0.1) is 16.7 Å². The number of hydrogen-bond donors (Lipinski definition) is 1. The second-order valence-corrected chi connectivity index (χ2v) is 5.53. The Hall–Kier alpha value is -0.690. The van der Waals surface area contributed by atoms with Gasteiger partial charge in [0.15, 0.2) is 0 Å². The van der Waals surface area contributed by atoms with Crippen LogP contribution in [0.1, 0.15) is 26.7 Å². The second-order valence-electron chi connectivity index (χ2n) is 4.22. The highest BCUT2D eigenvalue weighted by Crippen LogP contribution is 2.26. The van der Waals surface area contributed by atoms with E-state index in [-0.39, 0.29) is 11.2 Å². The number of rotatable bonds is 3. The number of nitrogens with zero attached hydrogens (tertiary/aromatic N) is 1. The summed E-state index contributed by atoms with van der Waals surface area (Å²) in [5.74, 6) is 1.18. The zero-order chi connectivity index (χ0) is 10.6. The largest absolute Gasteiger partial charge is 0.354 e. The van der Waals surface area contributed by atoms with Crippen molar-refractivity contribution in [3.8, 4) is 6.07 Å². The first kappa shape index (κ1) is 11.4. The molecule has 78 valence electrons. The molecule has 1 atom stereocenters. The summed E-state index contributed by atoms with van der Waals surface area (Å²) in [6.07, 6.45) is 2.11. The highest BCUT2D eigenvalue weighted by atomic mass is 32.2. The van der Waals surface area contributed by atoms with Crippen LogP contribution in [0.3, 0.4) is 0 Å². The van der Waals surface area contributed by atoms with Gasteiger partial charge in [-0.05, 0) is 32.4 Å². The van der Waals surface area contributed by atoms with Crippen LogP contribution in [0.4, 0.5) is 0 Å². The van der Waals surface area contributed by atoms with Crippen LogP contribution in [0.2, 0.25) is 0 Å². The molecule has 1 rings (SSSR count). The second kappa shape index (κ2) is 4.70. The molecular formula is C10H16N2OS. The summed E-state index contributed by atoms with van der Waals surface area (Å²) in [4.78, 5) is 11.6. The molecule has 1 amide bonds. The van der Waals surface area contributed by atoms with Crippen molar-refractivity contribution in [3.05, 3.63) is 0 Å². The van der Waals surface area contributed by atoms with E-state index in [0.717, 1.165) is 18.6 Å². The maximum atomic E-state index is 11.6. The maximum absolute atomic E-state index is 11.6. The minimum atomic E-state index is -0.459. The van der Waals surface area contributed by atoms with E-state index in [9.17, 15) is 4.79 Å². The molecule has 1 aliphatic heterocycles. The molecule has 0 aromatic carbocycles. The Labute approximate surface area is 89.2 Å². The fourth-order valence-corrected chi connectivity index (χ4v) is 2.43. The van der Waals surface area contributed by atoms with Gasteiger partial charge in [0, 0.05) is 6.54 Å². The Kier molecular flexibility index (Phi) is 3.82. The van der Waals surface area contributed by atoms with Crippen molar-refractivity contribution in [2.45, 2.75) is 31.9 Å². The van der Waals surface area contributed by atoms with Crippen molar-refractivity contribution in [1.82, 2.24) is 5.32 Å². The number of hydrogen-bond acceptors (Lipinski definition) is 3. The molecule has 0 aliphatic carbocycles. The van der Waals surface area contributed by atoms with Gasteiger partial charge in [-0.25, -0.2) is 0 Å². The fourth-order valence-electron chi connectivity index (χ4n) is 1.25. The normalized spacial score (nSPS) is 21.6. The number of thioether (sulfide) groups is 1. The van der Waals surface area contributed by atoms with Crippen molar-refractivity contribution in [3.63, 3.8) is 0 Å². The average molecular weight is 212 g/mol. The zero-order valence-corrected chi connectivity index (χ0v) is 9.49. The van der Waals surface area contributed by atoms with Crippen LogP contribution < -0.4 is 5.32 Å². The van der Waals surface area contributed by atoms with E-state index >= 15 is 0 Å². The molecule has 0 radical (unpaired) electrons. The summed E-state index contributed by atoms with van der Waals surface area (Å²) >= 11 is 1.71. The minimum absolute atomic E-state index is 0.0934. The standard InChI is InChI=1S/C10H16N2OS/c1-10(2,6-11)7-12-9(13)8-4-3-5-14-8/h8H,3-5,7H2,1-2H3,(H,12,13). The smallest absolute Gasteiger partial charge is 0.233 e. The predicted molar refractivity (Wildman–Crippen MR) is 57.9 cm³/mol. The monoisotopic (exact) mass is 212 g/mol. The van der Waals surface area contributed by atoms with Crippen molar-refractivity contribution in [2.24, 2.45) is 5.41 Å². The molecule has 3 nitrogen and oxygen atoms in total.